The van der Waals surface area contributed by atoms with Crippen LogP contribution in [0.15, 0.2) is 88.3 Å². The highest BCUT2D eigenvalue weighted by Crippen LogP contribution is 2.26. The molecule has 0 aliphatic heterocycles. The monoisotopic (exact) mass is 497 g/mol. The Morgan fingerprint density at radius 3 is 2.14 bits per heavy atom. The molecule has 0 atom stereocenters. The zero-order valence-electron chi connectivity index (χ0n) is 15.7. The Morgan fingerprint density at radius 1 is 0.964 bits per heavy atom. The smallest absolute Gasteiger partial charge is 0.194 e. The quantitative estimate of drug-likeness (QED) is 0.266. The molecule has 142 valence electrons. The van der Waals surface area contributed by atoms with Gasteiger partial charge in [0.2, 0.25) is 0 Å². The molecule has 0 aliphatic rings. The molecule has 0 bridgehead atoms. The number of carbonyl (C=O) groups is 1. The summed E-state index contributed by atoms with van der Waals surface area (Å²) < 4.78 is 1.72. The molecule has 0 saturated heterocycles. The molecule has 0 radical (unpaired) electrons. The summed E-state index contributed by atoms with van der Waals surface area (Å²) in [7, 11) is 2.08. The van der Waals surface area contributed by atoms with Crippen LogP contribution in [0, 0.1) is 0 Å². The zero-order valence-corrected chi connectivity index (χ0v) is 18.8. The summed E-state index contributed by atoms with van der Waals surface area (Å²) in [6, 6.07) is 21.9. The van der Waals surface area contributed by atoms with Crippen molar-refractivity contribution in [3.8, 4) is 11.1 Å². The third-order valence-electron chi connectivity index (χ3n) is 4.50. The van der Waals surface area contributed by atoms with Crippen LogP contribution < -0.4 is 0 Å². The van der Waals surface area contributed by atoms with E-state index in [4.69, 9.17) is 0 Å². The summed E-state index contributed by atoms with van der Waals surface area (Å²) in [6.45, 7) is 5.53. The summed E-state index contributed by atoms with van der Waals surface area (Å²) in [4.78, 5) is 15.0. The van der Waals surface area contributed by atoms with Crippen LogP contribution in [-0.4, -0.2) is 24.3 Å². The van der Waals surface area contributed by atoms with Crippen molar-refractivity contribution in [1.82, 2.24) is 4.90 Å². The van der Waals surface area contributed by atoms with E-state index in [0.29, 0.717) is 11.1 Å². The maximum Gasteiger partial charge on any atom is 0.194 e. The highest BCUT2D eigenvalue weighted by molar-refractivity contribution is 9.11. The van der Waals surface area contributed by atoms with Crippen molar-refractivity contribution in [2.45, 2.75) is 6.54 Å². The minimum Gasteiger partial charge on any atom is -0.298 e. The zero-order chi connectivity index (χ0) is 20.1. The average Bonchev–Trinajstić information content (AvgIpc) is 2.68. The molecule has 0 aromatic heterocycles. The Hall–Kier alpha value is -2.01. The van der Waals surface area contributed by atoms with Crippen molar-refractivity contribution in [1.29, 1.82) is 0 Å². The number of hydrogen-bond donors (Lipinski definition) is 0. The molecule has 2 nitrogen and oxygen atoms in total. The van der Waals surface area contributed by atoms with E-state index in [1.54, 1.807) is 0 Å². The standard InChI is InChI=1S/C24H21Br2NO/c1-3-14-27(2)16-17-4-6-18(7-5-17)19-8-10-20(11-9-19)24(28)22-13-12-21(25)15-23(22)26/h3-13,15H,1,14,16H2,2H3. The molecule has 3 aromatic carbocycles. The van der Waals surface area contributed by atoms with Crippen LogP contribution >= 0.6 is 31.9 Å². The molecular formula is C24H21Br2NO. The van der Waals surface area contributed by atoms with Crippen LogP contribution in [0.5, 0.6) is 0 Å². The van der Waals surface area contributed by atoms with Crippen LogP contribution in [0.4, 0.5) is 0 Å². The molecule has 4 heteroatoms. The minimum absolute atomic E-state index is 0.00605. The Kier molecular flexibility index (Phi) is 7.00. The number of ketones is 1. The SMILES string of the molecule is C=CCN(C)Cc1ccc(-c2ccc(C(=O)c3ccc(Br)cc3Br)cc2)cc1. The Balaban J connectivity index is 1.75. The van der Waals surface area contributed by atoms with Crippen LogP contribution in [0.3, 0.4) is 0 Å². The number of benzene rings is 3. The van der Waals surface area contributed by atoms with Crippen LogP contribution in [0.25, 0.3) is 11.1 Å². The van der Waals surface area contributed by atoms with E-state index < -0.39 is 0 Å². The van der Waals surface area contributed by atoms with Gasteiger partial charge >= 0.3 is 0 Å². The second kappa shape index (κ2) is 9.46. The number of hydrogen-bond acceptors (Lipinski definition) is 2. The fourth-order valence-corrected chi connectivity index (χ4v) is 4.27. The highest BCUT2D eigenvalue weighted by Gasteiger charge is 2.13. The number of rotatable bonds is 7. The van der Waals surface area contributed by atoms with E-state index in [9.17, 15) is 4.79 Å². The summed E-state index contributed by atoms with van der Waals surface area (Å²) in [5.41, 5.74) is 4.83. The number of halogens is 2. The molecule has 3 rings (SSSR count). The number of carbonyl (C=O) groups excluding carboxylic acids is 1. The largest absolute Gasteiger partial charge is 0.298 e. The van der Waals surface area contributed by atoms with Crippen molar-refractivity contribution < 1.29 is 4.79 Å². The lowest BCUT2D eigenvalue weighted by Crippen LogP contribution is -2.17. The van der Waals surface area contributed by atoms with Crippen molar-refractivity contribution in [3.05, 3.63) is 105 Å². The molecule has 0 spiro atoms. The molecule has 0 aliphatic carbocycles. The van der Waals surface area contributed by atoms with E-state index in [1.165, 1.54) is 5.56 Å². The molecule has 0 fully saturated rings. The lowest BCUT2D eigenvalue weighted by molar-refractivity contribution is 0.103. The first-order chi connectivity index (χ1) is 13.5. The molecule has 28 heavy (non-hydrogen) atoms. The molecule has 0 saturated carbocycles. The van der Waals surface area contributed by atoms with Crippen LogP contribution in [0.1, 0.15) is 21.5 Å². The van der Waals surface area contributed by atoms with Gasteiger partial charge in [-0.05, 0) is 57.9 Å². The third kappa shape index (κ3) is 5.07. The van der Waals surface area contributed by atoms with Gasteiger partial charge in [-0.2, -0.15) is 0 Å². The lowest BCUT2D eigenvalue weighted by Gasteiger charge is -2.14. The second-order valence-corrected chi connectivity index (χ2v) is 8.48. The molecule has 0 N–H and O–H groups in total. The lowest BCUT2D eigenvalue weighted by atomic mass is 9.99. The van der Waals surface area contributed by atoms with E-state index in [0.717, 1.165) is 33.2 Å². The first kappa shape index (κ1) is 20.7. The maximum absolute atomic E-state index is 12.8. The van der Waals surface area contributed by atoms with Crippen LogP contribution in [0.2, 0.25) is 0 Å². The van der Waals surface area contributed by atoms with E-state index >= 15 is 0 Å². The third-order valence-corrected chi connectivity index (χ3v) is 5.65. The van der Waals surface area contributed by atoms with Gasteiger partial charge < -0.3 is 0 Å². The highest BCUT2D eigenvalue weighted by atomic mass is 79.9. The van der Waals surface area contributed by atoms with Gasteiger partial charge in [-0.3, -0.25) is 9.69 Å². The predicted molar refractivity (Wildman–Crippen MR) is 124 cm³/mol. The second-order valence-electron chi connectivity index (χ2n) is 6.71. The fourth-order valence-electron chi connectivity index (χ4n) is 3.04. The minimum atomic E-state index is 0.00605. The van der Waals surface area contributed by atoms with Gasteiger partial charge in [0.25, 0.3) is 0 Å². The Labute approximate surface area is 183 Å². The fraction of sp³-hybridized carbons (Fsp3) is 0.125. The van der Waals surface area contributed by atoms with Gasteiger partial charge in [0.05, 0.1) is 0 Å². The van der Waals surface area contributed by atoms with Gasteiger partial charge in [0, 0.05) is 33.2 Å². The summed E-state index contributed by atoms with van der Waals surface area (Å²) in [6.07, 6.45) is 1.91. The van der Waals surface area contributed by atoms with E-state index in [2.05, 4.69) is 74.7 Å². The van der Waals surface area contributed by atoms with Gasteiger partial charge in [-0.25, -0.2) is 0 Å². The van der Waals surface area contributed by atoms with E-state index in [-0.39, 0.29) is 5.78 Å². The van der Waals surface area contributed by atoms with Gasteiger partial charge in [0.15, 0.2) is 5.78 Å². The summed E-state index contributed by atoms with van der Waals surface area (Å²) in [5.74, 6) is 0.00605. The first-order valence-electron chi connectivity index (χ1n) is 8.96. The molecular weight excluding hydrogens is 478 g/mol. The van der Waals surface area contributed by atoms with Crippen molar-refractivity contribution >= 4 is 37.6 Å². The molecule has 0 amide bonds. The maximum atomic E-state index is 12.8. The molecule has 0 unspecified atom stereocenters. The van der Waals surface area contributed by atoms with Crippen LogP contribution in [-0.2, 0) is 6.54 Å². The Morgan fingerprint density at radius 2 is 1.57 bits per heavy atom. The average molecular weight is 499 g/mol. The molecule has 3 aromatic rings. The summed E-state index contributed by atoms with van der Waals surface area (Å²) in [5, 5.41) is 0. The topological polar surface area (TPSA) is 20.3 Å². The van der Waals surface area contributed by atoms with Gasteiger partial charge in [0.1, 0.15) is 0 Å². The Bertz CT molecular complexity index is 978. The first-order valence-corrected chi connectivity index (χ1v) is 10.5. The normalized spacial score (nSPS) is 10.9. The summed E-state index contributed by atoms with van der Waals surface area (Å²) >= 11 is 6.88. The predicted octanol–water partition coefficient (Wildman–Crippen LogP) is 6.73. The molecule has 0 heterocycles. The van der Waals surface area contributed by atoms with Gasteiger partial charge in [-0.1, -0.05) is 70.5 Å². The van der Waals surface area contributed by atoms with Crippen molar-refractivity contribution in [2.75, 3.05) is 13.6 Å². The number of nitrogens with zero attached hydrogens (tertiary/aromatic N) is 1. The van der Waals surface area contributed by atoms with Crippen molar-refractivity contribution in [3.63, 3.8) is 0 Å². The van der Waals surface area contributed by atoms with E-state index in [1.807, 2.05) is 48.5 Å². The van der Waals surface area contributed by atoms with Gasteiger partial charge in [-0.15, -0.1) is 6.58 Å². The van der Waals surface area contributed by atoms with Crippen molar-refractivity contribution in [2.24, 2.45) is 0 Å². The number of likely N-dealkylation sites (N-methyl/N-ethyl adjacent to an activating group) is 1.